The Morgan fingerprint density at radius 3 is 2.68 bits per heavy atom. The summed E-state index contributed by atoms with van der Waals surface area (Å²) in [7, 11) is 0. The van der Waals surface area contributed by atoms with Crippen molar-refractivity contribution >= 4 is 40.6 Å². The number of thiophene rings is 1. The molecular weight excluding hydrogens is 394 g/mol. The molecule has 2 amide bonds. The number of hydrogen-bond donors (Lipinski definition) is 2. The zero-order chi connectivity index (χ0) is 19.8. The van der Waals surface area contributed by atoms with Crippen LogP contribution in [-0.2, 0) is 17.8 Å². The molecule has 0 spiro atoms. The van der Waals surface area contributed by atoms with Crippen LogP contribution >= 0.6 is 23.1 Å². The highest BCUT2D eigenvalue weighted by atomic mass is 32.2. The highest BCUT2D eigenvalue weighted by Gasteiger charge is 2.14. The van der Waals surface area contributed by atoms with Crippen LogP contribution in [0.5, 0.6) is 0 Å². The van der Waals surface area contributed by atoms with Crippen molar-refractivity contribution < 1.29 is 9.59 Å². The summed E-state index contributed by atoms with van der Waals surface area (Å²) in [5, 5.41) is 16.7. The minimum atomic E-state index is -0.0911. The average molecular weight is 416 g/mol. The van der Waals surface area contributed by atoms with Crippen LogP contribution in [0.3, 0.4) is 0 Å². The summed E-state index contributed by atoms with van der Waals surface area (Å²) in [6.07, 6.45) is 0.578. The van der Waals surface area contributed by atoms with Gasteiger partial charge in [-0.2, -0.15) is 0 Å². The van der Waals surface area contributed by atoms with Crippen molar-refractivity contribution in [3.05, 3.63) is 58.5 Å². The predicted octanol–water partition coefficient (Wildman–Crippen LogP) is 3.06. The van der Waals surface area contributed by atoms with Crippen LogP contribution in [0.4, 0.5) is 5.69 Å². The SMILES string of the molecule is CCn1c(CCNC(=O)c2cccs2)nnc1SCC(=O)Nc1ccccc1. The molecule has 2 aromatic heterocycles. The van der Waals surface area contributed by atoms with Crippen LogP contribution < -0.4 is 10.6 Å². The number of rotatable bonds is 9. The molecule has 3 rings (SSSR count). The van der Waals surface area contributed by atoms with E-state index in [1.165, 1.54) is 23.1 Å². The lowest BCUT2D eigenvalue weighted by molar-refractivity contribution is -0.113. The molecule has 9 heteroatoms. The summed E-state index contributed by atoms with van der Waals surface area (Å²) >= 11 is 2.76. The van der Waals surface area contributed by atoms with E-state index in [1.807, 2.05) is 53.3 Å². The smallest absolute Gasteiger partial charge is 0.261 e. The number of carbonyl (C=O) groups excluding carboxylic acids is 2. The Morgan fingerprint density at radius 2 is 1.96 bits per heavy atom. The number of carbonyl (C=O) groups is 2. The number of hydrogen-bond acceptors (Lipinski definition) is 6. The summed E-state index contributed by atoms with van der Waals surface area (Å²) in [6, 6.07) is 13.0. The second kappa shape index (κ2) is 10.0. The predicted molar refractivity (Wildman–Crippen MR) is 112 cm³/mol. The molecule has 3 aromatic rings. The highest BCUT2D eigenvalue weighted by molar-refractivity contribution is 7.99. The molecule has 0 unspecified atom stereocenters. The molecule has 0 aliphatic heterocycles. The summed E-state index contributed by atoms with van der Waals surface area (Å²) in [5.41, 5.74) is 0.771. The third kappa shape index (κ3) is 5.43. The Morgan fingerprint density at radius 1 is 1.14 bits per heavy atom. The van der Waals surface area contributed by atoms with Crippen molar-refractivity contribution in [1.82, 2.24) is 20.1 Å². The molecule has 2 heterocycles. The molecule has 0 aliphatic rings. The van der Waals surface area contributed by atoms with Crippen molar-refractivity contribution in [1.29, 1.82) is 0 Å². The lowest BCUT2D eigenvalue weighted by Gasteiger charge is -2.08. The maximum Gasteiger partial charge on any atom is 0.261 e. The first-order valence-electron chi connectivity index (χ1n) is 8.89. The van der Waals surface area contributed by atoms with Gasteiger partial charge in [0.1, 0.15) is 5.82 Å². The molecule has 0 bridgehead atoms. The third-order valence-corrected chi connectivity index (χ3v) is 5.71. The summed E-state index contributed by atoms with van der Waals surface area (Å²) in [4.78, 5) is 24.8. The zero-order valence-electron chi connectivity index (χ0n) is 15.4. The van der Waals surface area contributed by atoms with Gasteiger partial charge in [0.05, 0.1) is 10.6 Å². The van der Waals surface area contributed by atoms with E-state index in [0.29, 0.717) is 29.5 Å². The number of nitrogens with zero attached hydrogens (tertiary/aromatic N) is 3. The number of nitrogens with one attached hydrogen (secondary N) is 2. The van der Waals surface area contributed by atoms with Crippen molar-refractivity contribution in [3.8, 4) is 0 Å². The van der Waals surface area contributed by atoms with Crippen LogP contribution in [0.2, 0.25) is 0 Å². The largest absolute Gasteiger partial charge is 0.351 e. The molecule has 0 fully saturated rings. The van der Waals surface area contributed by atoms with E-state index in [-0.39, 0.29) is 17.6 Å². The molecule has 146 valence electrons. The number of para-hydroxylation sites is 1. The molecule has 0 aliphatic carbocycles. The van der Waals surface area contributed by atoms with Gasteiger partial charge in [0.25, 0.3) is 5.91 Å². The van der Waals surface area contributed by atoms with Crippen LogP contribution in [0.25, 0.3) is 0 Å². The lowest BCUT2D eigenvalue weighted by Crippen LogP contribution is -2.25. The molecule has 0 atom stereocenters. The third-order valence-electron chi connectivity index (χ3n) is 3.88. The Labute approximate surface area is 171 Å². The fraction of sp³-hybridized carbons (Fsp3) is 0.263. The number of thioether (sulfide) groups is 1. The summed E-state index contributed by atoms with van der Waals surface area (Å²) < 4.78 is 1.97. The van der Waals surface area contributed by atoms with Gasteiger partial charge in [-0.15, -0.1) is 21.5 Å². The first-order chi connectivity index (χ1) is 13.7. The minimum absolute atomic E-state index is 0.0789. The molecule has 0 saturated heterocycles. The summed E-state index contributed by atoms with van der Waals surface area (Å²) in [5.74, 6) is 0.874. The van der Waals surface area contributed by atoms with E-state index in [1.54, 1.807) is 6.07 Å². The zero-order valence-corrected chi connectivity index (χ0v) is 17.1. The first-order valence-corrected chi connectivity index (χ1v) is 10.8. The molecule has 0 radical (unpaired) electrons. The number of anilines is 1. The second-order valence-electron chi connectivity index (χ2n) is 5.83. The van der Waals surface area contributed by atoms with Gasteiger partial charge in [0.15, 0.2) is 5.16 Å². The van der Waals surface area contributed by atoms with Crippen molar-refractivity contribution in [2.24, 2.45) is 0 Å². The highest BCUT2D eigenvalue weighted by Crippen LogP contribution is 2.18. The van der Waals surface area contributed by atoms with Crippen molar-refractivity contribution in [2.45, 2.75) is 25.0 Å². The van der Waals surface area contributed by atoms with E-state index >= 15 is 0 Å². The van der Waals surface area contributed by atoms with Gasteiger partial charge in [-0.25, -0.2) is 0 Å². The normalized spacial score (nSPS) is 10.6. The molecular formula is C19H21N5O2S2. The molecule has 1 aromatic carbocycles. The van der Waals surface area contributed by atoms with Gasteiger partial charge < -0.3 is 15.2 Å². The van der Waals surface area contributed by atoms with E-state index < -0.39 is 0 Å². The Bertz CT molecular complexity index is 910. The number of benzene rings is 1. The van der Waals surface area contributed by atoms with Crippen molar-refractivity contribution in [2.75, 3.05) is 17.6 Å². The number of aromatic nitrogens is 3. The lowest BCUT2D eigenvalue weighted by atomic mass is 10.3. The molecule has 0 saturated carbocycles. The maximum atomic E-state index is 12.1. The maximum absolute atomic E-state index is 12.1. The molecule has 2 N–H and O–H groups in total. The van der Waals surface area contributed by atoms with Gasteiger partial charge in [0, 0.05) is 25.2 Å². The minimum Gasteiger partial charge on any atom is -0.351 e. The quantitative estimate of drug-likeness (QED) is 0.524. The first kappa shape index (κ1) is 20.1. The topological polar surface area (TPSA) is 88.9 Å². The monoisotopic (exact) mass is 415 g/mol. The molecule has 7 nitrogen and oxygen atoms in total. The Balaban J connectivity index is 1.50. The Hall–Kier alpha value is -2.65. The second-order valence-corrected chi connectivity index (χ2v) is 7.72. The van der Waals surface area contributed by atoms with Gasteiger partial charge in [-0.3, -0.25) is 9.59 Å². The van der Waals surface area contributed by atoms with Crippen LogP contribution in [-0.4, -0.2) is 38.9 Å². The van der Waals surface area contributed by atoms with E-state index in [0.717, 1.165) is 11.5 Å². The Kier molecular flexibility index (Phi) is 7.21. The fourth-order valence-corrected chi connectivity index (χ4v) is 4.02. The average Bonchev–Trinajstić information content (AvgIpc) is 3.37. The fourth-order valence-electron chi connectivity index (χ4n) is 2.56. The van der Waals surface area contributed by atoms with E-state index in [2.05, 4.69) is 20.8 Å². The van der Waals surface area contributed by atoms with Crippen LogP contribution in [0, 0.1) is 0 Å². The van der Waals surface area contributed by atoms with Crippen LogP contribution in [0.15, 0.2) is 53.0 Å². The van der Waals surface area contributed by atoms with Gasteiger partial charge in [-0.1, -0.05) is 36.0 Å². The van der Waals surface area contributed by atoms with E-state index in [9.17, 15) is 9.59 Å². The summed E-state index contributed by atoms with van der Waals surface area (Å²) in [6.45, 7) is 3.18. The number of amides is 2. The van der Waals surface area contributed by atoms with Crippen molar-refractivity contribution in [3.63, 3.8) is 0 Å². The van der Waals surface area contributed by atoms with Crippen LogP contribution in [0.1, 0.15) is 22.4 Å². The standard InChI is InChI=1S/C19H21N5O2S2/c1-2-24-16(10-11-20-18(26)15-9-6-12-27-15)22-23-19(24)28-13-17(25)21-14-7-4-3-5-8-14/h3-9,12H,2,10-11,13H2,1H3,(H,20,26)(H,21,25). The van der Waals surface area contributed by atoms with Gasteiger partial charge in [0.2, 0.25) is 5.91 Å². The van der Waals surface area contributed by atoms with Gasteiger partial charge in [-0.05, 0) is 30.5 Å². The van der Waals surface area contributed by atoms with Gasteiger partial charge >= 0.3 is 0 Å². The molecule has 28 heavy (non-hydrogen) atoms. The van der Waals surface area contributed by atoms with E-state index in [4.69, 9.17) is 0 Å².